The van der Waals surface area contributed by atoms with Crippen molar-refractivity contribution in [1.82, 2.24) is 5.32 Å². The Bertz CT molecular complexity index is 1040. The van der Waals surface area contributed by atoms with Crippen LogP contribution in [-0.4, -0.2) is 18.1 Å². The van der Waals surface area contributed by atoms with E-state index in [1.165, 1.54) is 11.3 Å². The van der Waals surface area contributed by atoms with Crippen LogP contribution in [0.2, 0.25) is 0 Å². The van der Waals surface area contributed by atoms with E-state index in [9.17, 15) is 4.79 Å². The molecule has 0 aliphatic carbocycles. The van der Waals surface area contributed by atoms with Gasteiger partial charge in [-0.25, -0.2) is 0 Å². The summed E-state index contributed by atoms with van der Waals surface area (Å²) in [7, 11) is 0. The highest BCUT2D eigenvalue weighted by molar-refractivity contribution is 5.95. The van der Waals surface area contributed by atoms with Gasteiger partial charge in [-0.05, 0) is 56.0 Å². The minimum absolute atomic E-state index is 0.118. The van der Waals surface area contributed by atoms with Gasteiger partial charge in [-0.1, -0.05) is 42.5 Å². The molecule has 2 heterocycles. The Morgan fingerprint density at radius 2 is 1.97 bits per heavy atom. The second-order valence-corrected chi connectivity index (χ2v) is 8.43. The molecule has 162 valence electrons. The third kappa shape index (κ3) is 5.00. The third-order valence-corrected chi connectivity index (χ3v) is 5.68. The highest BCUT2D eigenvalue weighted by atomic mass is 16.5. The van der Waals surface area contributed by atoms with E-state index in [1.54, 1.807) is 12.3 Å². The zero-order valence-corrected chi connectivity index (χ0v) is 18.4. The molecule has 0 radical (unpaired) electrons. The van der Waals surface area contributed by atoms with E-state index in [4.69, 9.17) is 9.15 Å². The van der Waals surface area contributed by atoms with Gasteiger partial charge in [-0.2, -0.15) is 0 Å². The molecule has 1 amide bonds. The molecule has 0 saturated heterocycles. The van der Waals surface area contributed by atoms with Crippen molar-refractivity contribution in [2.75, 3.05) is 4.90 Å². The van der Waals surface area contributed by atoms with Crippen molar-refractivity contribution < 1.29 is 13.9 Å². The van der Waals surface area contributed by atoms with Crippen LogP contribution >= 0.6 is 0 Å². The lowest BCUT2D eigenvalue weighted by Crippen LogP contribution is -2.30. The summed E-state index contributed by atoms with van der Waals surface area (Å²) in [5, 5.41) is 3.03. The predicted molar refractivity (Wildman–Crippen MR) is 122 cm³/mol. The molecule has 5 heteroatoms. The van der Waals surface area contributed by atoms with E-state index in [1.807, 2.05) is 32.0 Å². The molecule has 0 spiro atoms. The maximum Gasteiger partial charge on any atom is 0.255 e. The number of amides is 1. The fourth-order valence-electron chi connectivity index (χ4n) is 4.06. The van der Waals surface area contributed by atoms with Gasteiger partial charge in [0.15, 0.2) is 0 Å². The fraction of sp³-hybridized carbons (Fsp3) is 0.346. The standard InChI is InChI=1S/C26H30N2O3/c1-18(2)31-17-21-8-6-7-20(14-21)15-27-26(29)23-11-12-30-25(23)16-28-19(3)13-22-9-4-5-10-24(22)28/h4-12,14,18-19H,13,15-17H2,1-3H3,(H,27,29). The Kier molecular flexibility index (Phi) is 6.42. The smallest absolute Gasteiger partial charge is 0.255 e. The van der Waals surface area contributed by atoms with E-state index >= 15 is 0 Å². The van der Waals surface area contributed by atoms with Crippen molar-refractivity contribution in [1.29, 1.82) is 0 Å². The summed E-state index contributed by atoms with van der Waals surface area (Å²) in [6.45, 7) is 7.86. The van der Waals surface area contributed by atoms with Gasteiger partial charge >= 0.3 is 0 Å². The number of fused-ring (bicyclic) bond motifs is 1. The summed E-state index contributed by atoms with van der Waals surface area (Å²) in [6, 6.07) is 18.7. The molecule has 4 rings (SSSR count). The van der Waals surface area contributed by atoms with Crippen molar-refractivity contribution in [2.24, 2.45) is 0 Å². The maximum absolute atomic E-state index is 12.9. The number of nitrogens with one attached hydrogen (secondary N) is 1. The van der Waals surface area contributed by atoms with Gasteiger partial charge in [0.05, 0.1) is 31.1 Å². The lowest BCUT2D eigenvalue weighted by molar-refractivity contribution is 0.0657. The van der Waals surface area contributed by atoms with Gasteiger partial charge in [0.2, 0.25) is 0 Å². The van der Waals surface area contributed by atoms with Crippen molar-refractivity contribution in [3.63, 3.8) is 0 Å². The van der Waals surface area contributed by atoms with E-state index in [2.05, 4.69) is 47.5 Å². The fourth-order valence-corrected chi connectivity index (χ4v) is 4.06. The average Bonchev–Trinajstić information content (AvgIpc) is 3.35. The van der Waals surface area contributed by atoms with Crippen LogP contribution in [0.4, 0.5) is 5.69 Å². The minimum atomic E-state index is -0.118. The van der Waals surface area contributed by atoms with Crippen molar-refractivity contribution in [2.45, 2.75) is 59.0 Å². The highest BCUT2D eigenvalue weighted by Crippen LogP contribution is 2.33. The molecule has 1 N–H and O–H groups in total. The van der Waals surface area contributed by atoms with Gasteiger partial charge in [-0.15, -0.1) is 0 Å². The van der Waals surface area contributed by atoms with Gasteiger partial charge in [0.25, 0.3) is 5.91 Å². The molecule has 3 aromatic rings. The van der Waals surface area contributed by atoms with Crippen LogP contribution in [-0.2, 0) is 30.9 Å². The second-order valence-electron chi connectivity index (χ2n) is 8.43. The number of rotatable bonds is 8. The molecule has 1 atom stereocenters. The molecule has 0 bridgehead atoms. The summed E-state index contributed by atoms with van der Waals surface area (Å²) in [5.74, 6) is 0.577. The lowest BCUT2D eigenvalue weighted by atomic mass is 10.1. The first kappa shape index (κ1) is 21.2. The maximum atomic E-state index is 12.9. The molecule has 2 aromatic carbocycles. The summed E-state index contributed by atoms with van der Waals surface area (Å²) >= 11 is 0. The summed E-state index contributed by atoms with van der Waals surface area (Å²) in [5.41, 5.74) is 5.31. The Labute approximate surface area is 184 Å². The number of carbonyl (C=O) groups excluding carboxylic acids is 1. The number of hydrogen-bond donors (Lipinski definition) is 1. The van der Waals surface area contributed by atoms with Crippen LogP contribution in [0, 0.1) is 0 Å². The van der Waals surface area contributed by atoms with Gasteiger partial charge in [0, 0.05) is 18.3 Å². The number of benzene rings is 2. The molecule has 0 saturated carbocycles. The zero-order valence-electron chi connectivity index (χ0n) is 18.4. The topological polar surface area (TPSA) is 54.7 Å². The molecule has 1 aliphatic rings. The third-order valence-electron chi connectivity index (χ3n) is 5.68. The van der Waals surface area contributed by atoms with Gasteiger partial charge in [-0.3, -0.25) is 4.79 Å². The van der Waals surface area contributed by atoms with Crippen molar-refractivity contribution >= 4 is 11.6 Å². The SMILES string of the molecule is CC(C)OCc1cccc(CNC(=O)c2ccoc2CN2c3ccccc3CC2C)c1. The first-order valence-electron chi connectivity index (χ1n) is 10.9. The number of anilines is 1. The molecule has 0 fully saturated rings. The highest BCUT2D eigenvalue weighted by Gasteiger charge is 2.27. The minimum Gasteiger partial charge on any atom is -0.467 e. The molecule has 5 nitrogen and oxygen atoms in total. The van der Waals surface area contributed by atoms with Crippen molar-refractivity contribution in [3.8, 4) is 0 Å². The monoisotopic (exact) mass is 418 g/mol. The van der Waals surface area contributed by atoms with E-state index in [0.717, 1.165) is 17.5 Å². The van der Waals surface area contributed by atoms with Crippen LogP contribution in [0.1, 0.15) is 53.6 Å². The first-order chi connectivity index (χ1) is 15.0. The number of nitrogens with zero attached hydrogens (tertiary/aromatic N) is 1. The summed E-state index contributed by atoms with van der Waals surface area (Å²) in [4.78, 5) is 15.2. The van der Waals surface area contributed by atoms with Crippen LogP contribution in [0.3, 0.4) is 0 Å². The number of hydrogen-bond acceptors (Lipinski definition) is 4. The number of carbonyl (C=O) groups is 1. The Hall–Kier alpha value is -3.05. The predicted octanol–water partition coefficient (Wildman–Crippen LogP) is 5.09. The molecular formula is C26H30N2O3. The average molecular weight is 419 g/mol. The van der Waals surface area contributed by atoms with Crippen molar-refractivity contribution in [3.05, 3.63) is 88.9 Å². The Morgan fingerprint density at radius 3 is 2.81 bits per heavy atom. The Morgan fingerprint density at radius 1 is 1.16 bits per heavy atom. The Balaban J connectivity index is 1.40. The van der Waals surface area contributed by atoms with Gasteiger partial charge in [0.1, 0.15) is 5.76 Å². The number of para-hydroxylation sites is 1. The normalized spacial score (nSPS) is 15.4. The first-order valence-corrected chi connectivity index (χ1v) is 10.9. The number of ether oxygens (including phenoxy) is 1. The summed E-state index contributed by atoms with van der Waals surface area (Å²) in [6.07, 6.45) is 2.80. The number of furan rings is 1. The van der Waals surface area contributed by atoms with E-state index in [-0.39, 0.29) is 12.0 Å². The van der Waals surface area contributed by atoms with Gasteiger partial charge < -0.3 is 19.4 Å². The zero-order chi connectivity index (χ0) is 21.8. The molecule has 31 heavy (non-hydrogen) atoms. The summed E-state index contributed by atoms with van der Waals surface area (Å²) < 4.78 is 11.4. The molecule has 1 aliphatic heterocycles. The van der Waals surface area contributed by atoms with E-state index in [0.29, 0.717) is 37.1 Å². The second kappa shape index (κ2) is 9.40. The largest absolute Gasteiger partial charge is 0.467 e. The van der Waals surface area contributed by atoms with Crippen LogP contribution in [0.5, 0.6) is 0 Å². The quantitative estimate of drug-likeness (QED) is 0.554. The van der Waals surface area contributed by atoms with Crippen LogP contribution in [0.15, 0.2) is 65.3 Å². The molecular weight excluding hydrogens is 388 g/mol. The lowest BCUT2D eigenvalue weighted by Gasteiger charge is -2.24. The van der Waals surface area contributed by atoms with Crippen LogP contribution in [0.25, 0.3) is 0 Å². The van der Waals surface area contributed by atoms with Crippen LogP contribution < -0.4 is 10.2 Å². The molecule has 1 aromatic heterocycles. The molecule has 1 unspecified atom stereocenters. The van der Waals surface area contributed by atoms with E-state index < -0.39 is 0 Å².